The fourth-order valence-electron chi connectivity index (χ4n) is 2.36. The number of carboxylic acids is 1. The van der Waals surface area contributed by atoms with Gasteiger partial charge in [-0.3, -0.25) is 4.68 Å². The molecule has 118 valence electrons. The van der Waals surface area contributed by atoms with Crippen molar-refractivity contribution >= 4 is 5.97 Å². The number of hydrogen-bond donors (Lipinski definition) is 1. The number of aromatic nitrogens is 2. The lowest BCUT2D eigenvalue weighted by Crippen LogP contribution is -2.38. The van der Waals surface area contributed by atoms with E-state index in [4.69, 9.17) is 5.11 Å². The third-order valence-corrected chi connectivity index (χ3v) is 3.23. The highest BCUT2D eigenvalue weighted by molar-refractivity contribution is 5.88. The Morgan fingerprint density at radius 3 is 2.52 bits per heavy atom. The second kappa shape index (κ2) is 4.88. The molecule has 0 radical (unpaired) electrons. The molecular formula is C12H14F4N2O3. The van der Waals surface area contributed by atoms with Crippen molar-refractivity contribution < 1.29 is 32.2 Å². The quantitative estimate of drug-likeness (QED) is 0.849. The third-order valence-electron chi connectivity index (χ3n) is 3.23. The maximum absolute atomic E-state index is 12.9. The molecule has 21 heavy (non-hydrogen) atoms. The van der Waals surface area contributed by atoms with Gasteiger partial charge in [-0.2, -0.15) is 8.78 Å². The molecule has 1 aliphatic carbocycles. The van der Waals surface area contributed by atoms with E-state index < -0.39 is 29.8 Å². The summed E-state index contributed by atoms with van der Waals surface area (Å²) >= 11 is 0. The van der Waals surface area contributed by atoms with Crippen molar-refractivity contribution in [2.75, 3.05) is 0 Å². The molecule has 0 aromatic carbocycles. The van der Waals surface area contributed by atoms with Gasteiger partial charge >= 0.3 is 12.1 Å². The highest BCUT2D eigenvalue weighted by atomic mass is 19.3. The van der Waals surface area contributed by atoms with Gasteiger partial charge in [-0.25, -0.2) is 13.6 Å². The average Bonchev–Trinajstić information content (AvgIpc) is 2.50. The molecule has 0 saturated heterocycles. The Hall–Kier alpha value is -1.80. The van der Waals surface area contributed by atoms with Crippen molar-refractivity contribution in [3.05, 3.63) is 11.3 Å². The van der Waals surface area contributed by atoms with Crippen molar-refractivity contribution in [3.63, 3.8) is 0 Å². The number of nitrogens with zero attached hydrogens (tertiary/aromatic N) is 2. The highest BCUT2D eigenvalue weighted by Gasteiger charge is 2.45. The van der Waals surface area contributed by atoms with E-state index in [1.807, 2.05) is 0 Å². The predicted octanol–water partition coefficient (Wildman–Crippen LogP) is 2.93. The summed E-state index contributed by atoms with van der Waals surface area (Å²) in [6.45, 7) is 1.71. The minimum Gasteiger partial charge on any atom is -0.477 e. The number of carboxylic acid groups (broad SMARTS) is 1. The van der Waals surface area contributed by atoms with E-state index in [1.165, 1.54) is 6.92 Å². The molecule has 1 saturated carbocycles. The largest absolute Gasteiger partial charge is 0.477 e. The molecule has 9 heteroatoms. The lowest BCUT2D eigenvalue weighted by Gasteiger charge is -2.34. The van der Waals surface area contributed by atoms with Crippen molar-refractivity contribution in [1.82, 2.24) is 9.78 Å². The number of alkyl halides is 4. The van der Waals surface area contributed by atoms with E-state index in [2.05, 4.69) is 9.84 Å². The fourth-order valence-corrected chi connectivity index (χ4v) is 2.36. The second-order valence-electron chi connectivity index (χ2n) is 5.31. The topological polar surface area (TPSA) is 64.4 Å². The zero-order valence-corrected chi connectivity index (χ0v) is 11.4. The van der Waals surface area contributed by atoms with E-state index in [-0.39, 0.29) is 30.6 Å². The van der Waals surface area contributed by atoms with Crippen LogP contribution < -0.4 is 4.74 Å². The van der Waals surface area contributed by atoms with Gasteiger partial charge in [0.2, 0.25) is 11.8 Å². The highest BCUT2D eigenvalue weighted by Crippen LogP contribution is 2.43. The molecule has 0 unspecified atom stereocenters. The van der Waals surface area contributed by atoms with Crippen LogP contribution in [0.4, 0.5) is 17.6 Å². The number of halogens is 4. The summed E-state index contributed by atoms with van der Waals surface area (Å²) in [7, 11) is 0. The molecule has 5 nitrogen and oxygen atoms in total. The third kappa shape index (κ3) is 3.45. The van der Waals surface area contributed by atoms with Crippen LogP contribution >= 0.6 is 0 Å². The van der Waals surface area contributed by atoms with Crippen molar-refractivity contribution in [1.29, 1.82) is 0 Å². The van der Waals surface area contributed by atoms with Crippen LogP contribution in [0.1, 0.15) is 35.8 Å². The van der Waals surface area contributed by atoms with Crippen LogP contribution in [0.5, 0.6) is 5.88 Å². The molecule has 1 heterocycles. The first kappa shape index (κ1) is 15.6. The number of carbonyl (C=O) groups is 1. The molecule has 2 rings (SSSR count). The fraction of sp³-hybridized carbons (Fsp3) is 0.667. The summed E-state index contributed by atoms with van der Waals surface area (Å²) in [4.78, 5) is 11.2. The Bertz CT molecular complexity index is 558. The van der Waals surface area contributed by atoms with Gasteiger partial charge in [-0.15, -0.1) is 5.10 Å². The Balaban J connectivity index is 2.23. The molecule has 1 aliphatic rings. The molecule has 1 aromatic heterocycles. The molecular weight excluding hydrogens is 296 g/mol. The Kier molecular flexibility index (Phi) is 3.63. The number of aromatic carboxylic acids is 1. The monoisotopic (exact) mass is 310 g/mol. The molecule has 0 aliphatic heterocycles. The van der Waals surface area contributed by atoms with Gasteiger partial charge in [0.25, 0.3) is 0 Å². The van der Waals surface area contributed by atoms with Crippen LogP contribution in [0.2, 0.25) is 0 Å². The summed E-state index contributed by atoms with van der Waals surface area (Å²) in [5, 5.41) is 12.8. The minimum absolute atomic E-state index is 0.0601. The van der Waals surface area contributed by atoms with Crippen molar-refractivity contribution in [2.24, 2.45) is 5.92 Å². The van der Waals surface area contributed by atoms with E-state index >= 15 is 0 Å². The lowest BCUT2D eigenvalue weighted by molar-refractivity contribution is -0.161. The zero-order chi connectivity index (χ0) is 16.0. The number of hydrogen-bond acceptors (Lipinski definition) is 3. The standard InChI is InChI=1S/C12H14F4N2O3/c1-6-8(10(19)20)18(5-7-3-12(15,16)4-7)17-9(6)21-11(2,13)14/h7H,3-5H2,1-2H3,(H,19,20). The Morgan fingerprint density at radius 2 is 2.10 bits per heavy atom. The minimum atomic E-state index is -3.51. The van der Waals surface area contributed by atoms with Gasteiger partial charge in [-0.1, -0.05) is 0 Å². The van der Waals surface area contributed by atoms with Gasteiger partial charge < -0.3 is 9.84 Å². The van der Waals surface area contributed by atoms with Crippen LogP contribution in [0, 0.1) is 12.8 Å². The molecule has 0 amide bonds. The van der Waals surface area contributed by atoms with Gasteiger partial charge in [0.15, 0.2) is 5.69 Å². The van der Waals surface area contributed by atoms with Gasteiger partial charge in [0, 0.05) is 31.9 Å². The maximum Gasteiger partial charge on any atom is 0.396 e. The van der Waals surface area contributed by atoms with Gasteiger partial charge in [0.05, 0.1) is 0 Å². The van der Waals surface area contributed by atoms with Crippen LogP contribution in [0.25, 0.3) is 0 Å². The molecule has 0 atom stereocenters. The summed E-state index contributed by atoms with van der Waals surface area (Å²) in [5.74, 6) is -5.06. The average molecular weight is 310 g/mol. The normalized spacial score (nSPS) is 18.4. The Labute approximate surface area is 117 Å². The maximum atomic E-state index is 12.9. The summed E-state index contributed by atoms with van der Waals surface area (Å²) < 4.78 is 56.5. The first-order valence-electron chi connectivity index (χ1n) is 6.24. The lowest BCUT2D eigenvalue weighted by atomic mass is 9.81. The van der Waals surface area contributed by atoms with Gasteiger partial charge in [0.1, 0.15) is 0 Å². The van der Waals surface area contributed by atoms with Crippen molar-refractivity contribution in [3.8, 4) is 5.88 Å². The predicted molar refractivity (Wildman–Crippen MR) is 62.8 cm³/mol. The number of rotatable bonds is 5. The van der Waals surface area contributed by atoms with E-state index in [9.17, 15) is 22.4 Å². The van der Waals surface area contributed by atoms with Crippen LogP contribution in [0.3, 0.4) is 0 Å². The summed E-state index contributed by atoms with van der Waals surface area (Å²) in [5.41, 5.74) is -0.389. The first-order chi connectivity index (χ1) is 9.48. The van der Waals surface area contributed by atoms with Crippen LogP contribution in [-0.2, 0) is 6.54 Å². The summed E-state index contributed by atoms with van der Waals surface area (Å²) in [6, 6.07) is 0. The van der Waals surface area contributed by atoms with E-state index in [0.29, 0.717) is 6.92 Å². The second-order valence-corrected chi connectivity index (χ2v) is 5.31. The molecule has 0 spiro atoms. The Morgan fingerprint density at radius 1 is 1.52 bits per heavy atom. The molecule has 1 aromatic rings. The molecule has 1 N–H and O–H groups in total. The molecule has 0 bridgehead atoms. The zero-order valence-electron chi connectivity index (χ0n) is 11.4. The SMILES string of the molecule is Cc1c(OC(C)(F)F)nn(CC2CC(F)(F)C2)c1C(=O)O. The smallest absolute Gasteiger partial charge is 0.396 e. The molecule has 1 fully saturated rings. The van der Waals surface area contributed by atoms with Crippen LogP contribution in [0.15, 0.2) is 0 Å². The van der Waals surface area contributed by atoms with Crippen LogP contribution in [-0.4, -0.2) is 32.9 Å². The number of ether oxygens (including phenoxy) is 1. The van der Waals surface area contributed by atoms with Gasteiger partial charge in [-0.05, 0) is 12.8 Å². The summed E-state index contributed by atoms with van der Waals surface area (Å²) in [6.07, 6.45) is -4.25. The van der Waals surface area contributed by atoms with Crippen molar-refractivity contribution in [2.45, 2.75) is 45.3 Å². The van der Waals surface area contributed by atoms with E-state index in [0.717, 1.165) is 4.68 Å². The van der Waals surface area contributed by atoms with E-state index in [1.54, 1.807) is 0 Å². The first-order valence-corrected chi connectivity index (χ1v) is 6.24.